The van der Waals surface area contributed by atoms with Crippen LogP contribution in [0.1, 0.15) is 40.0 Å². The molecule has 2 aromatic carbocycles. The van der Waals surface area contributed by atoms with Crippen molar-refractivity contribution in [3.05, 3.63) is 58.6 Å². The molecular formula is C22H22ClNO4. The van der Waals surface area contributed by atoms with E-state index in [1.807, 2.05) is 30.3 Å². The summed E-state index contributed by atoms with van der Waals surface area (Å²) >= 11 is 6.32. The Kier molecular flexibility index (Phi) is 5.53. The number of ketones is 1. The molecule has 5 nitrogen and oxygen atoms in total. The molecule has 2 aliphatic heterocycles. The van der Waals surface area contributed by atoms with Gasteiger partial charge >= 0.3 is 0 Å². The molecule has 28 heavy (non-hydrogen) atoms. The van der Waals surface area contributed by atoms with E-state index in [1.165, 1.54) is 0 Å². The zero-order valence-electron chi connectivity index (χ0n) is 15.5. The van der Waals surface area contributed by atoms with Crippen LogP contribution in [0.5, 0.6) is 11.5 Å². The van der Waals surface area contributed by atoms with Crippen molar-refractivity contribution in [2.45, 2.75) is 19.3 Å². The molecule has 0 atom stereocenters. The number of rotatable bonds is 3. The van der Waals surface area contributed by atoms with E-state index < -0.39 is 0 Å². The third kappa shape index (κ3) is 3.85. The van der Waals surface area contributed by atoms with Crippen LogP contribution in [-0.4, -0.2) is 42.9 Å². The number of fused-ring (bicyclic) bond motifs is 1. The summed E-state index contributed by atoms with van der Waals surface area (Å²) in [5.74, 6) is 1.04. The first kappa shape index (κ1) is 18.8. The molecule has 1 saturated heterocycles. The topological polar surface area (TPSA) is 55.8 Å². The maximum Gasteiger partial charge on any atom is 0.254 e. The van der Waals surface area contributed by atoms with Crippen LogP contribution in [0.4, 0.5) is 0 Å². The fourth-order valence-corrected chi connectivity index (χ4v) is 3.98. The molecule has 4 rings (SSSR count). The molecule has 146 valence electrons. The van der Waals surface area contributed by atoms with E-state index in [4.69, 9.17) is 21.1 Å². The Labute approximate surface area is 169 Å². The van der Waals surface area contributed by atoms with Gasteiger partial charge in [0, 0.05) is 36.6 Å². The summed E-state index contributed by atoms with van der Waals surface area (Å²) in [6.07, 6.45) is 2.10. The van der Waals surface area contributed by atoms with Gasteiger partial charge in [-0.1, -0.05) is 41.9 Å². The van der Waals surface area contributed by atoms with Crippen molar-refractivity contribution in [3.8, 4) is 11.5 Å². The second-order valence-electron chi connectivity index (χ2n) is 7.13. The van der Waals surface area contributed by atoms with Crippen molar-refractivity contribution in [2.75, 3.05) is 26.3 Å². The van der Waals surface area contributed by atoms with Gasteiger partial charge in [-0.25, -0.2) is 0 Å². The lowest BCUT2D eigenvalue weighted by atomic mass is 9.88. The molecular weight excluding hydrogens is 378 g/mol. The number of piperidine rings is 1. The highest BCUT2D eigenvalue weighted by Gasteiger charge is 2.29. The number of ether oxygens (including phenoxy) is 2. The van der Waals surface area contributed by atoms with E-state index >= 15 is 0 Å². The molecule has 0 N–H and O–H groups in total. The van der Waals surface area contributed by atoms with Gasteiger partial charge in [0.15, 0.2) is 17.3 Å². The highest BCUT2D eigenvalue weighted by atomic mass is 35.5. The lowest BCUT2D eigenvalue weighted by molar-refractivity contribution is 0.0650. The van der Waals surface area contributed by atoms with Crippen LogP contribution < -0.4 is 9.47 Å². The van der Waals surface area contributed by atoms with Crippen molar-refractivity contribution in [1.82, 2.24) is 4.90 Å². The Morgan fingerprint density at radius 2 is 1.68 bits per heavy atom. The quantitative estimate of drug-likeness (QED) is 0.724. The standard InChI is InChI=1S/C22H22ClNO4/c23-18-13-17(14-19-21(18)28-12-4-11-27-19)22(26)24-9-7-16(8-10-24)20(25)15-5-2-1-3-6-15/h1-3,5-6,13-14,16H,4,7-12H2. The molecule has 2 aromatic rings. The second kappa shape index (κ2) is 8.23. The predicted octanol–water partition coefficient (Wildman–Crippen LogP) is 4.24. The molecule has 1 fully saturated rings. The number of carbonyl (C=O) groups is 2. The van der Waals surface area contributed by atoms with Crippen LogP contribution in [0.3, 0.4) is 0 Å². The van der Waals surface area contributed by atoms with Gasteiger partial charge in [0.2, 0.25) is 0 Å². The van der Waals surface area contributed by atoms with Crippen LogP contribution >= 0.6 is 11.6 Å². The third-order valence-corrected chi connectivity index (χ3v) is 5.54. The van der Waals surface area contributed by atoms with E-state index in [9.17, 15) is 9.59 Å². The Morgan fingerprint density at radius 1 is 0.964 bits per heavy atom. The number of nitrogens with zero attached hydrogens (tertiary/aromatic N) is 1. The average Bonchev–Trinajstić information content (AvgIpc) is 2.99. The van der Waals surface area contributed by atoms with Crippen molar-refractivity contribution < 1.29 is 19.1 Å². The van der Waals surface area contributed by atoms with Crippen LogP contribution in [0, 0.1) is 5.92 Å². The molecule has 0 saturated carbocycles. The van der Waals surface area contributed by atoms with Gasteiger partial charge in [-0.2, -0.15) is 0 Å². The number of hydrogen-bond acceptors (Lipinski definition) is 4. The van der Waals surface area contributed by atoms with Crippen molar-refractivity contribution in [2.24, 2.45) is 5.92 Å². The fraction of sp³-hybridized carbons (Fsp3) is 0.364. The number of halogens is 1. The van der Waals surface area contributed by atoms with Gasteiger partial charge in [-0.3, -0.25) is 9.59 Å². The van der Waals surface area contributed by atoms with E-state index in [2.05, 4.69) is 0 Å². The first-order valence-electron chi connectivity index (χ1n) is 9.61. The van der Waals surface area contributed by atoms with Gasteiger partial charge < -0.3 is 14.4 Å². The number of Topliss-reactive ketones (excluding diaryl/α,β-unsaturated/α-hetero) is 1. The van der Waals surface area contributed by atoms with Gasteiger partial charge in [0.05, 0.1) is 18.2 Å². The molecule has 0 radical (unpaired) electrons. The Morgan fingerprint density at radius 3 is 2.43 bits per heavy atom. The smallest absolute Gasteiger partial charge is 0.254 e. The molecule has 2 aliphatic rings. The summed E-state index contributed by atoms with van der Waals surface area (Å²) in [6.45, 7) is 2.18. The van der Waals surface area contributed by atoms with Gasteiger partial charge in [-0.15, -0.1) is 0 Å². The molecule has 1 amide bonds. The van der Waals surface area contributed by atoms with E-state index in [-0.39, 0.29) is 17.6 Å². The lowest BCUT2D eigenvalue weighted by Crippen LogP contribution is -2.40. The molecule has 0 aromatic heterocycles. The molecule has 0 aliphatic carbocycles. The number of carbonyl (C=O) groups excluding carboxylic acids is 2. The van der Waals surface area contributed by atoms with Crippen LogP contribution in [-0.2, 0) is 0 Å². The molecule has 6 heteroatoms. The number of amides is 1. The summed E-state index contributed by atoms with van der Waals surface area (Å²) in [7, 11) is 0. The maximum atomic E-state index is 13.0. The third-order valence-electron chi connectivity index (χ3n) is 5.26. The lowest BCUT2D eigenvalue weighted by Gasteiger charge is -2.31. The van der Waals surface area contributed by atoms with Gasteiger partial charge in [0.1, 0.15) is 0 Å². The van der Waals surface area contributed by atoms with Crippen LogP contribution in [0.25, 0.3) is 0 Å². The summed E-state index contributed by atoms with van der Waals surface area (Å²) in [5, 5.41) is 0.386. The summed E-state index contributed by atoms with van der Waals surface area (Å²) in [4.78, 5) is 27.4. The molecule has 0 bridgehead atoms. The van der Waals surface area contributed by atoms with Gasteiger partial charge in [0.25, 0.3) is 5.91 Å². The van der Waals surface area contributed by atoms with E-state index in [0.29, 0.717) is 61.2 Å². The van der Waals surface area contributed by atoms with Gasteiger partial charge in [-0.05, 0) is 25.0 Å². The van der Waals surface area contributed by atoms with Crippen LogP contribution in [0.2, 0.25) is 5.02 Å². The van der Waals surface area contributed by atoms with E-state index in [0.717, 1.165) is 12.0 Å². The maximum absolute atomic E-state index is 13.0. The predicted molar refractivity (Wildman–Crippen MR) is 106 cm³/mol. The zero-order valence-corrected chi connectivity index (χ0v) is 16.3. The number of benzene rings is 2. The second-order valence-corrected chi connectivity index (χ2v) is 7.54. The molecule has 0 unspecified atom stereocenters. The zero-order chi connectivity index (χ0) is 19.5. The summed E-state index contributed by atoms with van der Waals surface area (Å²) in [5.41, 5.74) is 1.23. The normalized spacial score (nSPS) is 17.1. The fourth-order valence-electron chi connectivity index (χ4n) is 3.72. The highest BCUT2D eigenvalue weighted by Crippen LogP contribution is 2.38. The van der Waals surface area contributed by atoms with Crippen molar-refractivity contribution >= 4 is 23.3 Å². The largest absolute Gasteiger partial charge is 0.489 e. The van der Waals surface area contributed by atoms with Crippen molar-refractivity contribution in [1.29, 1.82) is 0 Å². The summed E-state index contributed by atoms with van der Waals surface area (Å²) in [6, 6.07) is 12.7. The minimum Gasteiger partial charge on any atom is -0.489 e. The molecule has 2 heterocycles. The SMILES string of the molecule is O=C(c1ccccc1)C1CCN(C(=O)c2cc(Cl)c3c(c2)OCCCO3)CC1. The Balaban J connectivity index is 1.44. The van der Waals surface area contributed by atoms with Crippen molar-refractivity contribution in [3.63, 3.8) is 0 Å². The Hall–Kier alpha value is -2.53. The first-order valence-corrected chi connectivity index (χ1v) is 9.99. The minimum absolute atomic E-state index is 0.0428. The Bertz CT molecular complexity index is 876. The molecule has 0 spiro atoms. The van der Waals surface area contributed by atoms with Crippen LogP contribution in [0.15, 0.2) is 42.5 Å². The number of hydrogen-bond donors (Lipinski definition) is 0. The first-order chi connectivity index (χ1) is 13.6. The average molecular weight is 400 g/mol. The highest BCUT2D eigenvalue weighted by molar-refractivity contribution is 6.32. The number of likely N-dealkylation sites (tertiary alicyclic amines) is 1. The summed E-state index contributed by atoms with van der Waals surface area (Å²) < 4.78 is 11.3. The minimum atomic E-state index is -0.0943. The monoisotopic (exact) mass is 399 g/mol. The van der Waals surface area contributed by atoms with E-state index in [1.54, 1.807) is 17.0 Å².